The molecule has 1 aliphatic carbocycles. The van der Waals surface area contributed by atoms with Gasteiger partial charge in [0.05, 0.1) is 17.7 Å². The summed E-state index contributed by atoms with van der Waals surface area (Å²) in [4.78, 5) is 0.347. The van der Waals surface area contributed by atoms with Gasteiger partial charge >= 0.3 is 0 Å². The van der Waals surface area contributed by atoms with Crippen LogP contribution in [0, 0.1) is 0 Å². The molecule has 4 nitrogen and oxygen atoms in total. The van der Waals surface area contributed by atoms with E-state index in [-0.39, 0.29) is 5.41 Å². The average Bonchev–Trinajstić information content (AvgIpc) is 2.54. The molecule has 1 aliphatic rings. The Balaban J connectivity index is 1.88. The van der Waals surface area contributed by atoms with Crippen molar-refractivity contribution in [3.05, 3.63) is 54.1 Å². The highest BCUT2D eigenvalue weighted by Crippen LogP contribution is 2.47. The van der Waals surface area contributed by atoms with Crippen LogP contribution in [0.3, 0.4) is 0 Å². The third-order valence-electron chi connectivity index (χ3n) is 4.89. The van der Waals surface area contributed by atoms with Crippen LogP contribution in [0.4, 0.5) is 5.69 Å². The smallest absolute Gasteiger partial charge is 0.177 e. The lowest BCUT2D eigenvalue weighted by Crippen LogP contribution is -2.41. The number of methoxy groups -OCH3 is 1. The number of benzene rings is 2. The van der Waals surface area contributed by atoms with E-state index < -0.39 is 9.84 Å². The number of sulfone groups is 1. The Morgan fingerprint density at radius 1 is 1.08 bits per heavy atom. The summed E-state index contributed by atoms with van der Waals surface area (Å²) in [5.74, 6) is 0.899. The maximum Gasteiger partial charge on any atom is 0.177 e. The van der Waals surface area contributed by atoms with E-state index in [0.717, 1.165) is 18.6 Å². The van der Waals surface area contributed by atoms with Gasteiger partial charge in [0.1, 0.15) is 5.75 Å². The summed E-state index contributed by atoms with van der Waals surface area (Å²) in [5, 5.41) is 3.38. The molecular weight excluding hydrogens is 322 g/mol. The SMILES string of the molecule is COc1ccccc1C1(CNc2ccccc2S(C)(=O)=O)CCC1. The molecule has 0 heterocycles. The van der Waals surface area contributed by atoms with Crippen molar-refractivity contribution in [3.8, 4) is 5.75 Å². The molecule has 0 radical (unpaired) electrons. The van der Waals surface area contributed by atoms with Gasteiger partial charge in [-0.15, -0.1) is 0 Å². The third-order valence-corrected chi connectivity index (χ3v) is 6.05. The number of para-hydroxylation sites is 2. The molecule has 2 aromatic rings. The highest BCUT2D eigenvalue weighted by atomic mass is 32.2. The summed E-state index contributed by atoms with van der Waals surface area (Å²) in [6.07, 6.45) is 4.56. The van der Waals surface area contributed by atoms with Gasteiger partial charge in [0.25, 0.3) is 0 Å². The summed E-state index contributed by atoms with van der Waals surface area (Å²) in [7, 11) is -1.56. The molecule has 1 saturated carbocycles. The first-order chi connectivity index (χ1) is 11.5. The van der Waals surface area contributed by atoms with Crippen molar-refractivity contribution in [3.63, 3.8) is 0 Å². The second kappa shape index (κ2) is 6.48. The van der Waals surface area contributed by atoms with Crippen LogP contribution in [0.1, 0.15) is 24.8 Å². The number of ether oxygens (including phenoxy) is 1. The molecule has 0 unspecified atom stereocenters. The largest absolute Gasteiger partial charge is 0.496 e. The minimum atomic E-state index is -3.25. The minimum absolute atomic E-state index is 0.00276. The lowest BCUT2D eigenvalue weighted by molar-refractivity contribution is 0.250. The Labute approximate surface area is 143 Å². The van der Waals surface area contributed by atoms with Crippen LogP contribution in [0.5, 0.6) is 5.75 Å². The Morgan fingerprint density at radius 2 is 1.75 bits per heavy atom. The van der Waals surface area contributed by atoms with Gasteiger partial charge in [-0.3, -0.25) is 0 Å². The quantitative estimate of drug-likeness (QED) is 0.868. The van der Waals surface area contributed by atoms with Gasteiger partial charge in [-0.1, -0.05) is 36.8 Å². The third kappa shape index (κ3) is 3.13. The van der Waals surface area contributed by atoms with Crippen molar-refractivity contribution >= 4 is 15.5 Å². The van der Waals surface area contributed by atoms with Crippen LogP contribution in [0.2, 0.25) is 0 Å². The fraction of sp³-hybridized carbons (Fsp3) is 0.368. The molecule has 0 spiro atoms. The lowest BCUT2D eigenvalue weighted by Gasteiger charge is -2.43. The Morgan fingerprint density at radius 3 is 2.38 bits per heavy atom. The van der Waals surface area contributed by atoms with Gasteiger partial charge < -0.3 is 10.1 Å². The number of hydrogen-bond acceptors (Lipinski definition) is 4. The van der Waals surface area contributed by atoms with Crippen LogP contribution < -0.4 is 10.1 Å². The zero-order chi connectivity index (χ0) is 17.2. The topological polar surface area (TPSA) is 55.4 Å². The second-order valence-corrected chi connectivity index (χ2v) is 8.44. The minimum Gasteiger partial charge on any atom is -0.496 e. The fourth-order valence-electron chi connectivity index (χ4n) is 3.43. The molecule has 0 aromatic heterocycles. The van der Waals surface area contributed by atoms with E-state index in [1.165, 1.54) is 18.2 Å². The first-order valence-corrected chi connectivity index (χ1v) is 10.0. The Hall–Kier alpha value is -2.01. The van der Waals surface area contributed by atoms with Crippen molar-refractivity contribution in [2.75, 3.05) is 25.2 Å². The predicted molar refractivity (Wildman–Crippen MR) is 96.6 cm³/mol. The number of nitrogens with one attached hydrogen (secondary N) is 1. The van der Waals surface area contributed by atoms with E-state index in [4.69, 9.17) is 4.74 Å². The Kier molecular flexibility index (Phi) is 4.54. The number of rotatable bonds is 6. The van der Waals surface area contributed by atoms with Crippen LogP contribution in [-0.2, 0) is 15.3 Å². The molecule has 0 aliphatic heterocycles. The average molecular weight is 345 g/mol. The zero-order valence-electron chi connectivity index (χ0n) is 14.1. The predicted octanol–water partition coefficient (Wildman–Crippen LogP) is 3.63. The van der Waals surface area contributed by atoms with Gasteiger partial charge in [0, 0.05) is 23.8 Å². The van der Waals surface area contributed by atoms with Gasteiger partial charge in [-0.2, -0.15) is 0 Å². The van der Waals surface area contributed by atoms with E-state index >= 15 is 0 Å². The molecule has 1 fully saturated rings. The molecule has 0 saturated heterocycles. The molecule has 0 bridgehead atoms. The summed E-state index contributed by atoms with van der Waals surface area (Å²) < 4.78 is 29.5. The zero-order valence-corrected chi connectivity index (χ0v) is 14.9. The molecule has 0 atom stereocenters. The van der Waals surface area contributed by atoms with E-state index in [1.807, 2.05) is 30.3 Å². The molecule has 5 heteroatoms. The molecule has 2 aromatic carbocycles. The normalized spacial score (nSPS) is 16.2. The highest BCUT2D eigenvalue weighted by Gasteiger charge is 2.40. The van der Waals surface area contributed by atoms with Gasteiger partial charge in [-0.25, -0.2) is 8.42 Å². The molecule has 0 amide bonds. The van der Waals surface area contributed by atoms with Crippen molar-refractivity contribution in [1.29, 1.82) is 0 Å². The van der Waals surface area contributed by atoms with E-state index in [2.05, 4.69) is 11.4 Å². The molecule has 1 N–H and O–H groups in total. The summed E-state index contributed by atoms with van der Waals surface area (Å²) >= 11 is 0. The van der Waals surface area contributed by atoms with Gasteiger partial charge in [-0.05, 0) is 31.0 Å². The first kappa shape index (κ1) is 16.8. The van der Waals surface area contributed by atoms with Gasteiger partial charge in [0.15, 0.2) is 9.84 Å². The second-order valence-electron chi connectivity index (χ2n) is 6.46. The fourth-order valence-corrected chi connectivity index (χ4v) is 4.29. The first-order valence-electron chi connectivity index (χ1n) is 8.13. The van der Waals surface area contributed by atoms with Crippen molar-refractivity contribution in [2.45, 2.75) is 29.6 Å². The molecular formula is C19H23NO3S. The summed E-state index contributed by atoms with van der Waals surface area (Å²) in [5.41, 5.74) is 1.86. The molecule has 3 rings (SSSR count). The van der Waals surface area contributed by atoms with Crippen LogP contribution in [-0.4, -0.2) is 28.3 Å². The van der Waals surface area contributed by atoms with Gasteiger partial charge in [0.2, 0.25) is 0 Å². The monoisotopic (exact) mass is 345 g/mol. The van der Waals surface area contributed by atoms with Crippen LogP contribution >= 0.6 is 0 Å². The van der Waals surface area contributed by atoms with Crippen molar-refractivity contribution in [2.24, 2.45) is 0 Å². The number of anilines is 1. The maximum atomic E-state index is 12.0. The number of hydrogen-bond donors (Lipinski definition) is 1. The van der Waals surface area contributed by atoms with Crippen molar-refractivity contribution in [1.82, 2.24) is 0 Å². The molecule has 128 valence electrons. The van der Waals surface area contributed by atoms with E-state index in [1.54, 1.807) is 19.2 Å². The molecule has 24 heavy (non-hydrogen) atoms. The summed E-state index contributed by atoms with van der Waals surface area (Å²) in [6, 6.07) is 15.2. The lowest BCUT2D eigenvalue weighted by atomic mass is 9.64. The van der Waals surface area contributed by atoms with Crippen molar-refractivity contribution < 1.29 is 13.2 Å². The van der Waals surface area contributed by atoms with Crippen LogP contribution in [0.25, 0.3) is 0 Å². The van der Waals surface area contributed by atoms with E-state index in [9.17, 15) is 8.42 Å². The van der Waals surface area contributed by atoms with E-state index in [0.29, 0.717) is 17.1 Å². The highest BCUT2D eigenvalue weighted by molar-refractivity contribution is 7.90. The Bertz CT molecular complexity index is 826. The van der Waals surface area contributed by atoms with Crippen LogP contribution in [0.15, 0.2) is 53.4 Å². The standard InChI is InChI=1S/C19H23NO3S/c1-23-17-10-5-3-8-15(17)19(12-7-13-19)14-20-16-9-4-6-11-18(16)24(2,21)22/h3-6,8-11,20H,7,12-14H2,1-2H3. The maximum absolute atomic E-state index is 12.0. The summed E-state index contributed by atoms with van der Waals surface area (Å²) in [6.45, 7) is 0.694.